The summed E-state index contributed by atoms with van der Waals surface area (Å²) in [5, 5.41) is 0.776. The van der Waals surface area contributed by atoms with E-state index >= 15 is 0 Å². The highest BCUT2D eigenvalue weighted by Crippen LogP contribution is 2.32. The third-order valence-corrected chi connectivity index (χ3v) is 4.94. The van der Waals surface area contributed by atoms with Crippen LogP contribution in [0.3, 0.4) is 0 Å². The van der Waals surface area contributed by atoms with Crippen LogP contribution in [0.1, 0.15) is 5.56 Å². The molecule has 1 aliphatic heterocycles. The van der Waals surface area contributed by atoms with Crippen molar-refractivity contribution in [3.05, 3.63) is 64.7 Å². The van der Waals surface area contributed by atoms with Crippen molar-refractivity contribution >= 4 is 28.0 Å². The zero-order valence-corrected chi connectivity index (χ0v) is 15.6. The molecule has 4 aromatic rings. The summed E-state index contributed by atoms with van der Waals surface area (Å²) >= 11 is 0. The van der Waals surface area contributed by atoms with Gasteiger partial charge in [0.15, 0.2) is 11.5 Å². The third-order valence-electron chi connectivity index (χ3n) is 4.94. The molecule has 0 spiro atoms. The zero-order chi connectivity index (χ0) is 20.0. The van der Waals surface area contributed by atoms with E-state index < -0.39 is 0 Å². The molecule has 0 bridgehead atoms. The SMILES string of the molecule is CN(Cc1ccc2c(c1)OCO2)C(=O)Cn1cnc2c(oc3ccccc32)c1=O. The Bertz CT molecular complexity index is 1310. The van der Waals surface area contributed by atoms with Crippen molar-refractivity contribution < 1.29 is 18.7 Å². The molecule has 0 N–H and O–H groups in total. The molecule has 2 aromatic heterocycles. The fourth-order valence-corrected chi connectivity index (χ4v) is 3.40. The maximum atomic E-state index is 12.8. The first-order valence-corrected chi connectivity index (χ1v) is 9.09. The van der Waals surface area contributed by atoms with Crippen LogP contribution >= 0.6 is 0 Å². The van der Waals surface area contributed by atoms with Crippen LogP contribution in [0.25, 0.3) is 22.1 Å². The van der Waals surface area contributed by atoms with Gasteiger partial charge < -0.3 is 18.8 Å². The molecule has 8 heteroatoms. The van der Waals surface area contributed by atoms with Gasteiger partial charge in [0.2, 0.25) is 18.3 Å². The predicted octanol–water partition coefficient (Wildman–Crippen LogP) is 2.53. The first kappa shape index (κ1) is 17.3. The van der Waals surface area contributed by atoms with E-state index in [0.717, 1.165) is 10.9 Å². The minimum Gasteiger partial charge on any atom is -0.454 e. The van der Waals surface area contributed by atoms with Gasteiger partial charge in [-0.15, -0.1) is 0 Å². The number of hydrogen-bond acceptors (Lipinski definition) is 6. The molecule has 3 heterocycles. The van der Waals surface area contributed by atoms with Crippen LogP contribution in [0.15, 0.2) is 58.0 Å². The van der Waals surface area contributed by atoms with Gasteiger partial charge in [0.05, 0.1) is 6.33 Å². The number of carbonyl (C=O) groups excluding carboxylic acids is 1. The Morgan fingerprint density at radius 2 is 2.00 bits per heavy atom. The van der Waals surface area contributed by atoms with Crippen LogP contribution in [0, 0.1) is 0 Å². The van der Waals surface area contributed by atoms with Crippen molar-refractivity contribution in [1.29, 1.82) is 0 Å². The topological polar surface area (TPSA) is 86.8 Å². The molecule has 29 heavy (non-hydrogen) atoms. The number of hydrogen-bond donors (Lipinski definition) is 0. The molecule has 0 saturated carbocycles. The summed E-state index contributed by atoms with van der Waals surface area (Å²) in [6, 6.07) is 12.9. The minimum absolute atomic E-state index is 0.125. The number of ether oxygens (including phenoxy) is 2. The molecular weight excluding hydrogens is 374 g/mol. The lowest BCUT2D eigenvalue weighted by Crippen LogP contribution is -2.33. The monoisotopic (exact) mass is 391 g/mol. The lowest BCUT2D eigenvalue weighted by atomic mass is 10.2. The van der Waals surface area contributed by atoms with Crippen LogP contribution in [0.5, 0.6) is 11.5 Å². The van der Waals surface area contributed by atoms with Crippen molar-refractivity contribution in [2.24, 2.45) is 0 Å². The highest BCUT2D eigenvalue weighted by Gasteiger charge is 2.18. The van der Waals surface area contributed by atoms with Gasteiger partial charge in [-0.2, -0.15) is 0 Å². The number of benzene rings is 2. The summed E-state index contributed by atoms with van der Waals surface area (Å²) < 4.78 is 17.6. The molecule has 0 fully saturated rings. The molecule has 0 atom stereocenters. The van der Waals surface area contributed by atoms with Crippen LogP contribution in [-0.4, -0.2) is 34.2 Å². The summed E-state index contributed by atoms with van der Waals surface area (Å²) in [7, 11) is 1.69. The molecule has 0 aliphatic carbocycles. The summed E-state index contributed by atoms with van der Waals surface area (Å²) in [4.78, 5) is 31.3. The number of rotatable bonds is 4. The van der Waals surface area contributed by atoms with Crippen molar-refractivity contribution in [2.75, 3.05) is 13.8 Å². The van der Waals surface area contributed by atoms with E-state index in [1.54, 1.807) is 18.0 Å². The summed E-state index contributed by atoms with van der Waals surface area (Å²) in [5.41, 5.74) is 1.78. The summed E-state index contributed by atoms with van der Waals surface area (Å²) in [6.45, 7) is 0.456. The molecule has 0 radical (unpaired) electrons. The van der Waals surface area contributed by atoms with E-state index in [0.29, 0.717) is 29.1 Å². The van der Waals surface area contributed by atoms with E-state index in [-0.39, 0.29) is 30.4 Å². The molecule has 0 saturated heterocycles. The van der Waals surface area contributed by atoms with E-state index in [9.17, 15) is 9.59 Å². The standard InChI is InChI=1S/C21H17N3O5/c1-23(9-13-6-7-16-17(8-13)28-12-27-16)18(25)10-24-11-22-19-14-4-2-3-5-15(14)29-20(19)21(24)26/h2-8,11H,9-10,12H2,1H3. The van der Waals surface area contributed by atoms with Crippen LogP contribution in [0.4, 0.5) is 0 Å². The van der Waals surface area contributed by atoms with Gasteiger partial charge >= 0.3 is 0 Å². The summed E-state index contributed by atoms with van der Waals surface area (Å²) in [5.74, 6) is 1.14. The van der Waals surface area contributed by atoms with Crippen LogP contribution < -0.4 is 15.0 Å². The Labute approximate surface area is 164 Å². The number of likely N-dealkylation sites (N-methyl/N-ethyl adjacent to an activating group) is 1. The number of para-hydroxylation sites is 1. The Kier molecular flexibility index (Phi) is 3.97. The fraction of sp³-hybridized carbons (Fsp3) is 0.190. The zero-order valence-electron chi connectivity index (χ0n) is 15.6. The fourth-order valence-electron chi connectivity index (χ4n) is 3.40. The smallest absolute Gasteiger partial charge is 0.297 e. The van der Waals surface area contributed by atoms with Gasteiger partial charge in [-0.3, -0.25) is 14.2 Å². The van der Waals surface area contributed by atoms with E-state index in [2.05, 4.69) is 4.98 Å². The Balaban J connectivity index is 1.37. The number of amides is 1. The van der Waals surface area contributed by atoms with E-state index in [1.807, 2.05) is 36.4 Å². The van der Waals surface area contributed by atoms with Gasteiger partial charge in [-0.1, -0.05) is 18.2 Å². The van der Waals surface area contributed by atoms with Gasteiger partial charge in [0.25, 0.3) is 5.56 Å². The molecule has 8 nitrogen and oxygen atoms in total. The van der Waals surface area contributed by atoms with E-state index in [1.165, 1.54) is 10.9 Å². The summed E-state index contributed by atoms with van der Waals surface area (Å²) in [6.07, 6.45) is 1.39. The van der Waals surface area contributed by atoms with Crippen molar-refractivity contribution in [1.82, 2.24) is 14.5 Å². The molecule has 1 amide bonds. The molecular formula is C21H17N3O5. The highest BCUT2D eigenvalue weighted by atomic mass is 16.7. The lowest BCUT2D eigenvalue weighted by Gasteiger charge is -2.18. The normalized spacial score (nSPS) is 12.6. The number of furan rings is 1. The second kappa shape index (κ2) is 6.66. The third kappa shape index (κ3) is 2.98. The average molecular weight is 391 g/mol. The Morgan fingerprint density at radius 3 is 2.90 bits per heavy atom. The number of carbonyl (C=O) groups is 1. The van der Waals surface area contributed by atoms with Gasteiger partial charge in [0, 0.05) is 19.0 Å². The average Bonchev–Trinajstić information content (AvgIpc) is 3.34. The molecule has 0 unspecified atom stereocenters. The first-order valence-electron chi connectivity index (χ1n) is 9.09. The van der Waals surface area contributed by atoms with Crippen LogP contribution in [-0.2, 0) is 17.9 Å². The number of fused-ring (bicyclic) bond motifs is 4. The van der Waals surface area contributed by atoms with Gasteiger partial charge in [0.1, 0.15) is 17.6 Å². The van der Waals surface area contributed by atoms with Crippen molar-refractivity contribution in [2.45, 2.75) is 13.1 Å². The number of nitrogens with zero attached hydrogens (tertiary/aromatic N) is 3. The predicted molar refractivity (Wildman–Crippen MR) is 105 cm³/mol. The van der Waals surface area contributed by atoms with Gasteiger partial charge in [-0.25, -0.2) is 4.98 Å². The molecule has 2 aromatic carbocycles. The second-order valence-electron chi connectivity index (χ2n) is 6.89. The van der Waals surface area contributed by atoms with E-state index in [4.69, 9.17) is 13.9 Å². The minimum atomic E-state index is -0.379. The van der Waals surface area contributed by atoms with Crippen molar-refractivity contribution in [3.63, 3.8) is 0 Å². The number of aromatic nitrogens is 2. The van der Waals surface area contributed by atoms with Crippen molar-refractivity contribution in [3.8, 4) is 11.5 Å². The highest BCUT2D eigenvalue weighted by molar-refractivity contribution is 6.01. The molecule has 146 valence electrons. The lowest BCUT2D eigenvalue weighted by molar-refractivity contribution is -0.131. The molecule has 5 rings (SSSR count). The maximum absolute atomic E-state index is 12.8. The Morgan fingerprint density at radius 1 is 1.17 bits per heavy atom. The largest absolute Gasteiger partial charge is 0.454 e. The van der Waals surface area contributed by atoms with Crippen LogP contribution in [0.2, 0.25) is 0 Å². The quantitative estimate of drug-likeness (QED) is 0.531. The maximum Gasteiger partial charge on any atom is 0.297 e. The first-order chi connectivity index (χ1) is 14.1. The van der Waals surface area contributed by atoms with Gasteiger partial charge in [-0.05, 0) is 29.8 Å². The molecule has 1 aliphatic rings. The second-order valence-corrected chi connectivity index (χ2v) is 6.89. The Hall–Kier alpha value is -3.81.